The van der Waals surface area contributed by atoms with Crippen LogP contribution in [0.25, 0.3) is 0 Å². The normalized spacial score (nSPS) is 11.6. The summed E-state index contributed by atoms with van der Waals surface area (Å²) in [7, 11) is 0. The molecule has 1 aromatic rings. The number of hydrogen-bond donors (Lipinski definition) is 2. The molecule has 0 heterocycles. The van der Waals surface area contributed by atoms with E-state index in [9.17, 15) is 18.0 Å². The zero-order valence-electron chi connectivity index (χ0n) is 11.6. The van der Waals surface area contributed by atoms with Crippen LogP contribution in [0.1, 0.15) is 36.7 Å². The molecule has 20 heavy (non-hydrogen) atoms. The Morgan fingerprint density at radius 3 is 2.40 bits per heavy atom. The van der Waals surface area contributed by atoms with Gasteiger partial charge in [0.05, 0.1) is 11.3 Å². The molecule has 0 fully saturated rings. The van der Waals surface area contributed by atoms with Crippen molar-refractivity contribution in [1.82, 2.24) is 4.90 Å². The lowest BCUT2D eigenvalue weighted by molar-refractivity contribution is -0.137. The number of nitrogens with zero attached hydrogens (tertiary/aromatic N) is 1. The largest absolute Gasteiger partial charge is 0.418 e. The Kier molecular flexibility index (Phi) is 4.99. The minimum Gasteiger partial charge on any atom is -0.337 e. The molecule has 1 amide bonds. The predicted molar refractivity (Wildman–Crippen MR) is 71.1 cm³/mol. The van der Waals surface area contributed by atoms with Crippen molar-refractivity contribution in [2.45, 2.75) is 33.0 Å². The molecule has 1 aromatic carbocycles. The Morgan fingerprint density at radius 1 is 1.40 bits per heavy atom. The number of rotatable bonds is 4. The van der Waals surface area contributed by atoms with Gasteiger partial charge >= 0.3 is 6.18 Å². The summed E-state index contributed by atoms with van der Waals surface area (Å²) in [5, 5.41) is 0. The van der Waals surface area contributed by atoms with E-state index in [1.165, 1.54) is 11.0 Å². The Labute approximate surface area is 115 Å². The molecule has 3 N–H and O–H groups in total. The van der Waals surface area contributed by atoms with Gasteiger partial charge in [-0.25, -0.2) is 0 Å². The average molecular weight is 289 g/mol. The van der Waals surface area contributed by atoms with Crippen molar-refractivity contribution in [3.05, 3.63) is 29.3 Å². The molecule has 1 rings (SSSR count). The van der Waals surface area contributed by atoms with E-state index in [1.807, 2.05) is 19.3 Å². The van der Waals surface area contributed by atoms with Gasteiger partial charge in [0.1, 0.15) is 0 Å². The van der Waals surface area contributed by atoms with E-state index in [-0.39, 0.29) is 17.3 Å². The van der Waals surface area contributed by atoms with E-state index in [2.05, 4.69) is 0 Å². The number of benzene rings is 1. The molecule has 0 saturated heterocycles. The second-order valence-corrected chi connectivity index (χ2v) is 4.59. The molecule has 0 bridgehead atoms. The smallest absolute Gasteiger partial charge is 0.337 e. The fraction of sp³-hybridized carbons (Fsp3) is 0.462. The van der Waals surface area contributed by atoms with Crippen molar-refractivity contribution in [2.24, 2.45) is 5.84 Å². The van der Waals surface area contributed by atoms with Crippen molar-refractivity contribution in [3.8, 4) is 0 Å². The molecular weight excluding hydrogens is 271 g/mol. The Morgan fingerprint density at radius 2 is 2.00 bits per heavy atom. The minimum absolute atomic E-state index is 0.00752. The van der Waals surface area contributed by atoms with Crippen LogP contribution in [0.4, 0.5) is 18.9 Å². The number of carbonyl (C=O) groups excluding carboxylic acids is 1. The first-order valence-electron chi connectivity index (χ1n) is 6.21. The van der Waals surface area contributed by atoms with Crippen molar-refractivity contribution < 1.29 is 18.0 Å². The second kappa shape index (κ2) is 6.13. The highest BCUT2D eigenvalue weighted by Gasteiger charge is 2.34. The second-order valence-electron chi connectivity index (χ2n) is 4.59. The van der Waals surface area contributed by atoms with Crippen molar-refractivity contribution in [3.63, 3.8) is 0 Å². The Bertz CT molecular complexity index is 486. The molecule has 4 nitrogen and oxygen atoms in total. The van der Waals surface area contributed by atoms with Gasteiger partial charge < -0.3 is 10.3 Å². The Balaban J connectivity index is 3.24. The van der Waals surface area contributed by atoms with Gasteiger partial charge in [0.15, 0.2) is 0 Å². The van der Waals surface area contributed by atoms with Crippen LogP contribution < -0.4 is 11.3 Å². The molecule has 0 saturated carbocycles. The molecule has 0 atom stereocenters. The monoisotopic (exact) mass is 289 g/mol. The van der Waals surface area contributed by atoms with Crippen molar-refractivity contribution >= 4 is 11.6 Å². The fourth-order valence-corrected chi connectivity index (χ4v) is 1.95. The van der Waals surface area contributed by atoms with Crippen LogP contribution >= 0.6 is 0 Å². The van der Waals surface area contributed by atoms with Gasteiger partial charge in [0.25, 0.3) is 5.91 Å². The lowest BCUT2D eigenvalue weighted by Crippen LogP contribution is -2.36. The van der Waals surface area contributed by atoms with Crippen LogP contribution in [0.5, 0.6) is 0 Å². The zero-order chi connectivity index (χ0) is 15.5. The van der Waals surface area contributed by atoms with Crippen LogP contribution in [0.15, 0.2) is 18.2 Å². The molecule has 0 aliphatic heterocycles. The number of nitrogens with one attached hydrogen (secondary N) is 1. The molecule has 0 radical (unpaired) electrons. The number of hydrazine groups is 1. The van der Waals surface area contributed by atoms with E-state index in [0.29, 0.717) is 6.54 Å². The number of halogens is 3. The zero-order valence-corrected chi connectivity index (χ0v) is 11.6. The van der Waals surface area contributed by atoms with Gasteiger partial charge in [-0.15, -0.1) is 0 Å². The number of carbonyl (C=O) groups is 1. The third-order valence-corrected chi connectivity index (χ3v) is 2.95. The summed E-state index contributed by atoms with van der Waals surface area (Å²) in [4.78, 5) is 13.7. The average Bonchev–Trinajstić information content (AvgIpc) is 2.37. The highest BCUT2D eigenvalue weighted by Crippen LogP contribution is 2.35. The van der Waals surface area contributed by atoms with Crippen LogP contribution in [0.3, 0.4) is 0 Å². The van der Waals surface area contributed by atoms with Gasteiger partial charge in [0, 0.05) is 18.2 Å². The maximum absolute atomic E-state index is 12.9. The van der Waals surface area contributed by atoms with Crippen LogP contribution in [-0.4, -0.2) is 23.4 Å². The van der Waals surface area contributed by atoms with E-state index < -0.39 is 17.6 Å². The molecule has 0 aliphatic rings. The number of alkyl halides is 3. The van der Waals surface area contributed by atoms with E-state index in [4.69, 9.17) is 5.84 Å². The topological polar surface area (TPSA) is 58.4 Å². The van der Waals surface area contributed by atoms with Gasteiger partial charge in [-0.2, -0.15) is 13.2 Å². The van der Waals surface area contributed by atoms with Crippen molar-refractivity contribution in [1.29, 1.82) is 0 Å². The molecule has 0 aromatic heterocycles. The lowest BCUT2D eigenvalue weighted by Gasteiger charge is -2.25. The number of anilines is 1. The number of nitrogens with two attached hydrogens (primary N) is 1. The molecule has 112 valence electrons. The Hall–Kier alpha value is -1.76. The molecule has 0 unspecified atom stereocenters. The first-order chi connectivity index (χ1) is 9.22. The summed E-state index contributed by atoms with van der Waals surface area (Å²) in [5.74, 6) is 4.63. The fourth-order valence-electron chi connectivity index (χ4n) is 1.95. The highest BCUT2D eigenvalue weighted by atomic mass is 19.4. The minimum atomic E-state index is -4.58. The maximum Gasteiger partial charge on any atom is 0.418 e. The van der Waals surface area contributed by atoms with Gasteiger partial charge in [0.2, 0.25) is 0 Å². The predicted octanol–water partition coefficient (Wildman–Crippen LogP) is 2.86. The molecule has 0 spiro atoms. The lowest BCUT2D eigenvalue weighted by atomic mass is 10.1. The number of hydrogen-bond acceptors (Lipinski definition) is 3. The third-order valence-electron chi connectivity index (χ3n) is 2.95. The standard InChI is InChI=1S/C13H18F3N3O/c1-4-19(8(2)3)12(20)9-5-6-11(18-17)10(7-9)13(14,15)16/h5-8,18H,4,17H2,1-3H3. The first kappa shape index (κ1) is 16.3. The van der Waals surface area contributed by atoms with Gasteiger partial charge in [-0.05, 0) is 39.0 Å². The van der Waals surface area contributed by atoms with E-state index in [0.717, 1.165) is 12.1 Å². The first-order valence-corrected chi connectivity index (χ1v) is 6.21. The number of nitrogen functional groups attached to an aromatic ring is 1. The highest BCUT2D eigenvalue weighted by molar-refractivity contribution is 5.95. The molecule has 7 heteroatoms. The van der Waals surface area contributed by atoms with Crippen LogP contribution in [0.2, 0.25) is 0 Å². The van der Waals surface area contributed by atoms with Crippen LogP contribution in [0, 0.1) is 0 Å². The van der Waals surface area contributed by atoms with Crippen LogP contribution in [-0.2, 0) is 6.18 Å². The van der Waals surface area contributed by atoms with Gasteiger partial charge in [-0.3, -0.25) is 10.6 Å². The summed E-state index contributed by atoms with van der Waals surface area (Å²) >= 11 is 0. The summed E-state index contributed by atoms with van der Waals surface area (Å²) in [5.41, 5.74) is 0.766. The summed E-state index contributed by atoms with van der Waals surface area (Å²) in [6, 6.07) is 3.22. The third kappa shape index (κ3) is 3.41. The van der Waals surface area contributed by atoms with Crippen molar-refractivity contribution in [2.75, 3.05) is 12.0 Å². The van der Waals surface area contributed by atoms with E-state index >= 15 is 0 Å². The number of amides is 1. The SMILES string of the molecule is CCN(C(=O)c1ccc(NN)c(C(F)(F)F)c1)C(C)C. The molecule has 0 aliphatic carbocycles. The maximum atomic E-state index is 12.9. The van der Waals surface area contributed by atoms with Gasteiger partial charge in [-0.1, -0.05) is 0 Å². The molecular formula is C13H18F3N3O. The summed E-state index contributed by atoms with van der Waals surface area (Å²) in [6.07, 6.45) is -4.58. The quantitative estimate of drug-likeness (QED) is 0.662. The summed E-state index contributed by atoms with van der Waals surface area (Å²) in [6.45, 7) is 5.82. The van der Waals surface area contributed by atoms with E-state index in [1.54, 1.807) is 6.92 Å². The summed E-state index contributed by atoms with van der Waals surface area (Å²) < 4.78 is 38.7.